The Bertz CT molecular complexity index is 478. The van der Waals surface area contributed by atoms with Crippen molar-refractivity contribution in [2.24, 2.45) is 5.92 Å². The number of carbonyl (C=O) groups is 1. The summed E-state index contributed by atoms with van der Waals surface area (Å²) in [6.45, 7) is 5.99. The van der Waals surface area contributed by atoms with Crippen LogP contribution in [0, 0.1) is 12.8 Å². The van der Waals surface area contributed by atoms with Gasteiger partial charge in [0.2, 0.25) is 5.91 Å². The number of hydrogen-bond acceptors (Lipinski definition) is 3. The first-order valence-electron chi connectivity index (χ1n) is 5.94. The molecule has 0 atom stereocenters. The molecule has 5 heteroatoms. The molecule has 5 nitrogen and oxygen atoms in total. The Morgan fingerprint density at radius 3 is 2.72 bits per heavy atom. The number of aryl methyl sites for hydroxylation is 1. The van der Waals surface area contributed by atoms with Gasteiger partial charge in [0.15, 0.2) is 5.43 Å². The molecule has 0 radical (unpaired) electrons. The molecule has 18 heavy (non-hydrogen) atoms. The van der Waals surface area contributed by atoms with Crippen LogP contribution in [0.4, 0.5) is 0 Å². The fourth-order valence-electron chi connectivity index (χ4n) is 1.62. The van der Waals surface area contributed by atoms with Crippen LogP contribution in [0.1, 0.15) is 30.8 Å². The van der Waals surface area contributed by atoms with Crippen LogP contribution in [0.5, 0.6) is 0 Å². The van der Waals surface area contributed by atoms with E-state index in [-0.39, 0.29) is 23.8 Å². The summed E-state index contributed by atoms with van der Waals surface area (Å²) in [4.78, 5) is 26.5. The maximum atomic E-state index is 11.9. The maximum absolute atomic E-state index is 11.9. The fourth-order valence-corrected chi connectivity index (χ4v) is 1.62. The number of rotatable bonds is 5. The summed E-state index contributed by atoms with van der Waals surface area (Å²) in [7, 11) is 1.57. The predicted molar refractivity (Wildman–Crippen MR) is 69.2 cm³/mol. The van der Waals surface area contributed by atoms with Crippen LogP contribution in [-0.4, -0.2) is 18.0 Å². The van der Waals surface area contributed by atoms with Gasteiger partial charge in [0.25, 0.3) is 0 Å². The summed E-state index contributed by atoms with van der Waals surface area (Å²) >= 11 is 0. The lowest BCUT2D eigenvalue weighted by Gasteiger charge is -2.12. The van der Waals surface area contributed by atoms with Crippen molar-refractivity contribution in [3.8, 4) is 0 Å². The Hall–Kier alpha value is -1.62. The number of nitrogens with one attached hydrogen (secondary N) is 2. The maximum Gasteiger partial charge on any atom is 0.222 e. The van der Waals surface area contributed by atoms with Crippen molar-refractivity contribution >= 4 is 5.91 Å². The lowest BCUT2D eigenvalue weighted by Crippen LogP contribution is -2.30. The van der Waals surface area contributed by atoms with Gasteiger partial charge in [-0.05, 0) is 6.92 Å². The molecule has 0 bridgehead atoms. The van der Waals surface area contributed by atoms with Crippen molar-refractivity contribution in [3.63, 3.8) is 0 Å². The lowest BCUT2D eigenvalue weighted by molar-refractivity contribution is -0.124. The first-order valence-corrected chi connectivity index (χ1v) is 5.94. The van der Waals surface area contributed by atoms with E-state index < -0.39 is 0 Å². The predicted octanol–water partition coefficient (Wildman–Crippen LogP) is 1.10. The van der Waals surface area contributed by atoms with Crippen molar-refractivity contribution in [1.82, 2.24) is 10.3 Å². The lowest BCUT2D eigenvalue weighted by atomic mass is 10.1. The molecule has 1 aromatic heterocycles. The molecule has 1 rings (SSSR count). The highest BCUT2D eigenvalue weighted by atomic mass is 16.5. The van der Waals surface area contributed by atoms with E-state index in [2.05, 4.69) is 10.3 Å². The highest BCUT2D eigenvalue weighted by Crippen LogP contribution is 2.04. The number of pyridine rings is 1. The van der Waals surface area contributed by atoms with Gasteiger partial charge in [-0.15, -0.1) is 0 Å². The molecule has 0 spiro atoms. The summed E-state index contributed by atoms with van der Waals surface area (Å²) in [5.41, 5.74) is 1.97. The zero-order valence-electron chi connectivity index (χ0n) is 11.3. The second-order valence-corrected chi connectivity index (χ2v) is 4.58. The number of H-pyrrole nitrogens is 1. The monoisotopic (exact) mass is 252 g/mol. The molecule has 0 saturated heterocycles. The number of aromatic amines is 1. The van der Waals surface area contributed by atoms with Crippen LogP contribution in [-0.2, 0) is 22.7 Å². The summed E-state index contributed by atoms with van der Waals surface area (Å²) < 4.78 is 5.05. The van der Waals surface area contributed by atoms with Gasteiger partial charge in [-0.3, -0.25) is 9.59 Å². The Morgan fingerprint density at radius 1 is 1.50 bits per heavy atom. The zero-order valence-corrected chi connectivity index (χ0v) is 11.3. The molecule has 0 aliphatic carbocycles. The van der Waals surface area contributed by atoms with E-state index in [1.807, 2.05) is 20.8 Å². The minimum absolute atomic E-state index is 0.0710. The second kappa shape index (κ2) is 6.35. The first kappa shape index (κ1) is 14.4. The van der Waals surface area contributed by atoms with Crippen molar-refractivity contribution in [2.75, 3.05) is 7.11 Å². The highest BCUT2D eigenvalue weighted by Gasteiger charge is 2.11. The molecule has 1 heterocycles. The fraction of sp³-hybridized carbons (Fsp3) is 0.538. The third kappa shape index (κ3) is 3.70. The number of carbonyl (C=O) groups excluding carboxylic acids is 1. The summed E-state index contributed by atoms with van der Waals surface area (Å²) in [5.74, 6) is -0.168. The number of hydrogen-bond donors (Lipinski definition) is 2. The van der Waals surface area contributed by atoms with Gasteiger partial charge in [-0.1, -0.05) is 13.8 Å². The van der Waals surface area contributed by atoms with E-state index in [1.54, 1.807) is 7.11 Å². The molecule has 0 aliphatic rings. The number of aromatic nitrogens is 1. The molecule has 0 fully saturated rings. The molecule has 100 valence electrons. The van der Waals surface area contributed by atoms with Crippen molar-refractivity contribution < 1.29 is 9.53 Å². The smallest absolute Gasteiger partial charge is 0.222 e. The molecular weight excluding hydrogens is 232 g/mol. The van der Waals surface area contributed by atoms with Gasteiger partial charge >= 0.3 is 0 Å². The summed E-state index contributed by atoms with van der Waals surface area (Å²) in [6, 6.07) is 1.52. The van der Waals surface area contributed by atoms with E-state index in [1.165, 1.54) is 6.07 Å². The summed E-state index contributed by atoms with van der Waals surface area (Å²) in [5, 5.41) is 2.74. The first-order chi connectivity index (χ1) is 8.45. The Labute approximate surface area is 107 Å². The van der Waals surface area contributed by atoms with Gasteiger partial charge in [-0.2, -0.15) is 0 Å². The van der Waals surface area contributed by atoms with E-state index in [4.69, 9.17) is 4.74 Å². The van der Waals surface area contributed by atoms with Gasteiger partial charge in [0.05, 0.1) is 12.3 Å². The largest absolute Gasteiger partial charge is 0.378 e. The molecule has 1 aromatic rings. The molecule has 0 aliphatic heterocycles. The third-order valence-electron chi connectivity index (χ3n) is 2.61. The standard InChI is InChI=1S/C13H20N2O3/c1-8(2)13(17)14-6-10-11(7-18-4)15-9(3)5-12(10)16/h5,8H,6-7H2,1-4H3,(H,14,17)(H,15,16). The average molecular weight is 252 g/mol. The van der Waals surface area contributed by atoms with Crippen LogP contribution >= 0.6 is 0 Å². The van der Waals surface area contributed by atoms with E-state index in [0.717, 1.165) is 5.69 Å². The zero-order chi connectivity index (χ0) is 13.7. The van der Waals surface area contributed by atoms with Gasteiger partial charge in [0, 0.05) is 36.9 Å². The molecule has 0 aromatic carbocycles. The van der Waals surface area contributed by atoms with E-state index in [9.17, 15) is 9.59 Å². The molecule has 0 unspecified atom stereocenters. The van der Waals surface area contributed by atoms with Crippen LogP contribution in [0.2, 0.25) is 0 Å². The Morgan fingerprint density at radius 2 is 2.17 bits per heavy atom. The quantitative estimate of drug-likeness (QED) is 0.824. The minimum atomic E-state index is -0.0968. The van der Waals surface area contributed by atoms with Crippen molar-refractivity contribution in [1.29, 1.82) is 0 Å². The van der Waals surface area contributed by atoms with Gasteiger partial charge < -0.3 is 15.0 Å². The van der Waals surface area contributed by atoms with Crippen molar-refractivity contribution in [2.45, 2.75) is 33.9 Å². The number of methoxy groups -OCH3 is 1. The van der Waals surface area contributed by atoms with Crippen molar-refractivity contribution in [3.05, 3.63) is 33.2 Å². The van der Waals surface area contributed by atoms with Gasteiger partial charge in [-0.25, -0.2) is 0 Å². The highest BCUT2D eigenvalue weighted by molar-refractivity contribution is 5.77. The summed E-state index contributed by atoms with van der Waals surface area (Å²) in [6.07, 6.45) is 0. The SMILES string of the molecule is COCc1[nH]c(C)cc(=O)c1CNC(=O)C(C)C. The van der Waals surface area contributed by atoms with Crippen LogP contribution in [0.15, 0.2) is 10.9 Å². The number of ether oxygens (including phenoxy) is 1. The van der Waals surface area contributed by atoms with E-state index in [0.29, 0.717) is 17.9 Å². The minimum Gasteiger partial charge on any atom is -0.378 e. The second-order valence-electron chi connectivity index (χ2n) is 4.58. The topological polar surface area (TPSA) is 71.2 Å². The van der Waals surface area contributed by atoms with Crippen LogP contribution < -0.4 is 10.7 Å². The Kier molecular flexibility index (Phi) is 5.09. The third-order valence-corrected chi connectivity index (χ3v) is 2.61. The van der Waals surface area contributed by atoms with E-state index >= 15 is 0 Å². The van der Waals surface area contributed by atoms with Gasteiger partial charge in [0.1, 0.15) is 0 Å². The molecule has 2 N–H and O–H groups in total. The average Bonchev–Trinajstić information content (AvgIpc) is 2.27. The van der Waals surface area contributed by atoms with Crippen LogP contribution in [0.25, 0.3) is 0 Å². The Balaban J connectivity index is 2.93. The normalized spacial score (nSPS) is 10.7. The molecule has 0 saturated carbocycles. The molecule has 1 amide bonds. The number of amides is 1. The molecular formula is C13H20N2O3. The van der Waals surface area contributed by atoms with Crippen LogP contribution in [0.3, 0.4) is 0 Å².